The molecule has 1 heterocycles. The number of nitrogens with two attached hydrogens (primary N) is 1. The normalized spacial score (nSPS) is 19.0. The summed E-state index contributed by atoms with van der Waals surface area (Å²) < 4.78 is 5.54. The molecule has 1 aliphatic rings. The minimum atomic E-state index is 0.246. The molecule has 102 valence electrons. The highest BCUT2D eigenvalue weighted by molar-refractivity contribution is 5.73. The van der Waals surface area contributed by atoms with Gasteiger partial charge in [0.15, 0.2) is 11.5 Å². The van der Waals surface area contributed by atoms with E-state index >= 15 is 0 Å². The predicted octanol–water partition coefficient (Wildman–Crippen LogP) is 2.48. The third-order valence-electron chi connectivity index (χ3n) is 4.23. The summed E-state index contributed by atoms with van der Waals surface area (Å²) in [5.74, 6) is 0.716. The van der Waals surface area contributed by atoms with Gasteiger partial charge in [0, 0.05) is 18.4 Å². The molecule has 19 heavy (non-hydrogen) atoms. The quantitative estimate of drug-likeness (QED) is 0.916. The summed E-state index contributed by atoms with van der Waals surface area (Å²) >= 11 is 0. The maximum Gasteiger partial charge on any atom is 0.192 e. The van der Waals surface area contributed by atoms with Crippen LogP contribution in [0, 0.1) is 12.3 Å². The fourth-order valence-corrected chi connectivity index (χ4v) is 3.18. The lowest BCUT2D eigenvalue weighted by molar-refractivity contribution is 0.198. The monoisotopic (exact) mass is 259 g/mol. The largest absolute Gasteiger partial charge is 0.441 e. The third kappa shape index (κ3) is 2.05. The molecule has 0 aliphatic heterocycles. The second-order valence-electron chi connectivity index (χ2n) is 5.89. The molecule has 1 aromatic heterocycles. The summed E-state index contributed by atoms with van der Waals surface area (Å²) in [4.78, 5) is 6.70. The number of rotatable bonds is 4. The molecular formula is C15H21N3O. The number of aryl methyl sites for hydroxylation is 1. The van der Waals surface area contributed by atoms with E-state index in [2.05, 4.69) is 36.1 Å². The zero-order valence-corrected chi connectivity index (χ0v) is 11.8. The molecule has 2 N–H and O–H groups in total. The van der Waals surface area contributed by atoms with Gasteiger partial charge in [0.2, 0.25) is 0 Å². The molecule has 1 aromatic carbocycles. The van der Waals surface area contributed by atoms with Crippen molar-refractivity contribution in [2.24, 2.45) is 11.1 Å². The van der Waals surface area contributed by atoms with Crippen LogP contribution in [0.1, 0.15) is 30.3 Å². The van der Waals surface area contributed by atoms with E-state index in [1.807, 2.05) is 13.0 Å². The number of fused-ring (bicyclic) bond motifs is 1. The maximum atomic E-state index is 6.00. The van der Waals surface area contributed by atoms with Crippen molar-refractivity contribution in [2.45, 2.75) is 25.8 Å². The Labute approximate surface area is 113 Å². The number of benzene rings is 1. The van der Waals surface area contributed by atoms with Gasteiger partial charge in [-0.3, -0.25) is 0 Å². The number of hydrogen-bond acceptors (Lipinski definition) is 4. The highest BCUT2D eigenvalue weighted by Gasteiger charge is 2.49. The minimum absolute atomic E-state index is 0.246. The molecule has 1 fully saturated rings. The summed E-state index contributed by atoms with van der Waals surface area (Å²) in [6.07, 6.45) is 2.42. The molecule has 1 unspecified atom stereocenters. The molecule has 0 radical (unpaired) electrons. The van der Waals surface area contributed by atoms with Crippen molar-refractivity contribution in [1.29, 1.82) is 0 Å². The van der Waals surface area contributed by atoms with Crippen molar-refractivity contribution in [2.75, 3.05) is 20.6 Å². The second-order valence-corrected chi connectivity index (χ2v) is 5.89. The van der Waals surface area contributed by atoms with E-state index in [1.54, 1.807) is 0 Å². The first-order chi connectivity index (χ1) is 9.05. The fourth-order valence-electron chi connectivity index (χ4n) is 3.18. The highest BCUT2D eigenvalue weighted by atomic mass is 16.3. The molecule has 0 saturated heterocycles. The Morgan fingerprint density at radius 1 is 1.42 bits per heavy atom. The van der Waals surface area contributed by atoms with Gasteiger partial charge in [-0.05, 0) is 51.2 Å². The average molecular weight is 259 g/mol. The predicted molar refractivity (Wildman–Crippen MR) is 75.9 cm³/mol. The van der Waals surface area contributed by atoms with Crippen LogP contribution in [0.5, 0.6) is 0 Å². The van der Waals surface area contributed by atoms with Crippen LogP contribution in [-0.4, -0.2) is 30.5 Å². The van der Waals surface area contributed by atoms with Gasteiger partial charge in [-0.2, -0.15) is 0 Å². The smallest absolute Gasteiger partial charge is 0.192 e. The van der Waals surface area contributed by atoms with Gasteiger partial charge in [-0.25, -0.2) is 4.98 Å². The zero-order chi connectivity index (χ0) is 13.6. The first-order valence-corrected chi connectivity index (χ1v) is 6.79. The van der Waals surface area contributed by atoms with Crippen LogP contribution in [0.25, 0.3) is 11.1 Å². The average Bonchev–Trinajstić information content (AvgIpc) is 3.04. The van der Waals surface area contributed by atoms with Gasteiger partial charge in [0.1, 0.15) is 5.52 Å². The Hall–Kier alpha value is -1.39. The van der Waals surface area contributed by atoms with Crippen LogP contribution in [-0.2, 0) is 0 Å². The second kappa shape index (κ2) is 4.32. The van der Waals surface area contributed by atoms with E-state index in [1.165, 1.54) is 18.4 Å². The van der Waals surface area contributed by atoms with E-state index in [0.29, 0.717) is 11.9 Å². The maximum absolute atomic E-state index is 6.00. The Balaban J connectivity index is 2.05. The summed E-state index contributed by atoms with van der Waals surface area (Å²) in [7, 11) is 4.25. The van der Waals surface area contributed by atoms with Gasteiger partial charge in [-0.1, -0.05) is 6.07 Å². The number of nitrogens with zero attached hydrogens (tertiary/aromatic N) is 2. The van der Waals surface area contributed by atoms with Crippen molar-refractivity contribution >= 4 is 11.1 Å². The number of oxazole rings is 1. The van der Waals surface area contributed by atoms with E-state index in [-0.39, 0.29) is 5.41 Å². The Morgan fingerprint density at radius 3 is 2.74 bits per heavy atom. The molecule has 4 nitrogen and oxygen atoms in total. The van der Waals surface area contributed by atoms with Crippen LogP contribution < -0.4 is 5.73 Å². The lowest BCUT2D eigenvalue weighted by Gasteiger charge is -2.32. The van der Waals surface area contributed by atoms with Crippen LogP contribution in [0.4, 0.5) is 0 Å². The molecule has 0 amide bonds. The number of hydrogen-bond donors (Lipinski definition) is 1. The SMILES string of the molecule is Cc1nc2cc(C(N(C)C)C3(CN)CC3)ccc2o1. The van der Waals surface area contributed by atoms with Gasteiger partial charge >= 0.3 is 0 Å². The summed E-state index contributed by atoms with van der Waals surface area (Å²) in [6.45, 7) is 2.62. The molecule has 1 atom stereocenters. The molecular weight excluding hydrogens is 238 g/mol. The van der Waals surface area contributed by atoms with E-state index in [0.717, 1.165) is 17.6 Å². The Kier molecular flexibility index (Phi) is 2.87. The minimum Gasteiger partial charge on any atom is -0.441 e. The van der Waals surface area contributed by atoms with Crippen LogP contribution >= 0.6 is 0 Å². The first-order valence-electron chi connectivity index (χ1n) is 6.79. The van der Waals surface area contributed by atoms with Crippen molar-refractivity contribution < 1.29 is 4.42 Å². The summed E-state index contributed by atoms with van der Waals surface area (Å²) in [5, 5.41) is 0. The highest BCUT2D eigenvalue weighted by Crippen LogP contribution is 2.56. The van der Waals surface area contributed by atoms with Crippen molar-refractivity contribution in [1.82, 2.24) is 9.88 Å². The van der Waals surface area contributed by atoms with Gasteiger partial charge in [0.05, 0.1) is 0 Å². The summed E-state index contributed by atoms with van der Waals surface area (Å²) in [5.41, 5.74) is 9.33. The van der Waals surface area contributed by atoms with Crippen molar-refractivity contribution in [3.63, 3.8) is 0 Å². The van der Waals surface area contributed by atoms with E-state index in [9.17, 15) is 0 Å². The van der Waals surface area contributed by atoms with Gasteiger partial charge < -0.3 is 15.1 Å². The van der Waals surface area contributed by atoms with Crippen LogP contribution in [0.3, 0.4) is 0 Å². The third-order valence-corrected chi connectivity index (χ3v) is 4.23. The topological polar surface area (TPSA) is 55.3 Å². The molecule has 0 bridgehead atoms. The molecule has 2 aromatic rings. The molecule has 0 spiro atoms. The van der Waals surface area contributed by atoms with E-state index in [4.69, 9.17) is 10.2 Å². The van der Waals surface area contributed by atoms with Crippen LogP contribution in [0.15, 0.2) is 22.6 Å². The standard InChI is InChI=1S/C15H21N3O/c1-10-17-12-8-11(4-5-13(12)19-10)14(18(2)3)15(9-16)6-7-15/h4-5,8,14H,6-7,9,16H2,1-3H3. The Morgan fingerprint density at radius 2 is 2.16 bits per heavy atom. The first kappa shape index (κ1) is 12.6. The molecule has 1 aliphatic carbocycles. The fraction of sp³-hybridized carbons (Fsp3) is 0.533. The molecule has 3 rings (SSSR count). The Bertz CT molecular complexity index is 598. The van der Waals surface area contributed by atoms with Gasteiger partial charge in [-0.15, -0.1) is 0 Å². The van der Waals surface area contributed by atoms with Gasteiger partial charge in [0.25, 0.3) is 0 Å². The van der Waals surface area contributed by atoms with Crippen LogP contribution in [0.2, 0.25) is 0 Å². The zero-order valence-electron chi connectivity index (χ0n) is 11.8. The van der Waals surface area contributed by atoms with Crippen molar-refractivity contribution in [3.05, 3.63) is 29.7 Å². The molecule has 1 saturated carbocycles. The summed E-state index contributed by atoms with van der Waals surface area (Å²) in [6, 6.07) is 6.67. The number of aromatic nitrogens is 1. The van der Waals surface area contributed by atoms with E-state index < -0.39 is 0 Å². The molecule has 4 heteroatoms. The van der Waals surface area contributed by atoms with Crippen molar-refractivity contribution in [3.8, 4) is 0 Å². The lowest BCUT2D eigenvalue weighted by atomic mass is 9.89. The lowest BCUT2D eigenvalue weighted by Crippen LogP contribution is -2.33.